The summed E-state index contributed by atoms with van der Waals surface area (Å²) in [5.41, 5.74) is 2.99. The number of carbonyl (C=O) groups excluding carboxylic acids is 1. The lowest BCUT2D eigenvalue weighted by Gasteiger charge is -2.28. The Morgan fingerprint density at radius 2 is 1.86 bits per heavy atom. The zero-order valence-electron chi connectivity index (χ0n) is 16.3. The number of ether oxygens (including phenoxy) is 3. The van der Waals surface area contributed by atoms with Crippen LogP contribution in [0.2, 0.25) is 0 Å². The van der Waals surface area contributed by atoms with Crippen LogP contribution in [0.1, 0.15) is 49.1 Å². The van der Waals surface area contributed by atoms with Crippen LogP contribution >= 0.6 is 0 Å². The minimum absolute atomic E-state index is 0.0159. The highest BCUT2D eigenvalue weighted by Crippen LogP contribution is 2.42. The predicted molar refractivity (Wildman–Crippen MR) is 108 cm³/mol. The van der Waals surface area contributed by atoms with Crippen LogP contribution in [0.15, 0.2) is 42.5 Å². The van der Waals surface area contributed by atoms with Crippen LogP contribution in [0, 0.1) is 0 Å². The lowest BCUT2D eigenvalue weighted by atomic mass is 9.84. The van der Waals surface area contributed by atoms with Gasteiger partial charge in [0.2, 0.25) is 5.91 Å². The van der Waals surface area contributed by atoms with Crippen molar-refractivity contribution < 1.29 is 19.0 Å². The zero-order chi connectivity index (χ0) is 19.3. The first-order valence-electron chi connectivity index (χ1n) is 10.1. The number of benzene rings is 2. The Balaban J connectivity index is 1.62. The third-order valence-corrected chi connectivity index (χ3v) is 5.51. The smallest absolute Gasteiger partial charge is 0.225 e. The first-order valence-corrected chi connectivity index (χ1v) is 10.1. The largest absolute Gasteiger partial charge is 0.491 e. The average Bonchev–Trinajstić information content (AvgIpc) is 3.21. The minimum atomic E-state index is -0.0191. The summed E-state index contributed by atoms with van der Waals surface area (Å²) in [6, 6.07) is 14.0. The molecular formula is C23H27NO4. The molecule has 5 heteroatoms. The van der Waals surface area contributed by atoms with Crippen molar-refractivity contribution in [2.45, 2.75) is 44.1 Å². The number of methoxy groups -OCH3 is 1. The van der Waals surface area contributed by atoms with Crippen molar-refractivity contribution in [2.75, 3.05) is 25.6 Å². The van der Waals surface area contributed by atoms with Crippen LogP contribution in [-0.4, -0.2) is 32.3 Å². The Morgan fingerprint density at radius 1 is 1.04 bits per heavy atom. The van der Waals surface area contributed by atoms with Crippen molar-refractivity contribution in [3.63, 3.8) is 0 Å². The Kier molecular flexibility index (Phi) is 5.81. The fourth-order valence-electron chi connectivity index (χ4n) is 4.12. The third kappa shape index (κ3) is 4.14. The molecule has 1 amide bonds. The molecule has 2 aliphatic rings. The normalized spacial score (nSPS) is 19.2. The van der Waals surface area contributed by atoms with Gasteiger partial charge >= 0.3 is 0 Å². The van der Waals surface area contributed by atoms with E-state index in [4.69, 9.17) is 14.2 Å². The Morgan fingerprint density at radius 3 is 2.68 bits per heavy atom. The van der Waals surface area contributed by atoms with Crippen molar-refractivity contribution in [3.8, 4) is 11.5 Å². The van der Waals surface area contributed by atoms with E-state index in [1.807, 2.05) is 36.4 Å². The highest BCUT2D eigenvalue weighted by Gasteiger charge is 2.29. The molecule has 1 atom stereocenters. The number of rotatable bonds is 7. The molecule has 1 fully saturated rings. The quantitative estimate of drug-likeness (QED) is 0.717. The summed E-state index contributed by atoms with van der Waals surface area (Å²) >= 11 is 0. The van der Waals surface area contributed by atoms with E-state index in [0.29, 0.717) is 19.6 Å². The second-order valence-corrected chi connectivity index (χ2v) is 7.46. The first-order chi connectivity index (χ1) is 13.7. The van der Waals surface area contributed by atoms with Gasteiger partial charge in [-0.2, -0.15) is 0 Å². The number of anilines is 1. The van der Waals surface area contributed by atoms with Gasteiger partial charge in [0.25, 0.3) is 0 Å². The first kappa shape index (κ1) is 18.8. The van der Waals surface area contributed by atoms with E-state index in [1.54, 1.807) is 7.11 Å². The van der Waals surface area contributed by atoms with E-state index in [0.717, 1.165) is 41.2 Å². The van der Waals surface area contributed by atoms with E-state index in [9.17, 15) is 4.79 Å². The average molecular weight is 381 g/mol. The van der Waals surface area contributed by atoms with Crippen LogP contribution in [0.25, 0.3) is 0 Å². The number of hydrogen-bond donors (Lipinski definition) is 1. The predicted octanol–water partition coefficient (Wildman–Crippen LogP) is 4.51. The highest BCUT2D eigenvalue weighted by atomic mass is 16.5. The lowest BCUT2D eigenvalue weighted by molar-refractivity contribution is -0.116. The SMILES string of the molecule is COCCOc1ccc2c(c1)NC(=O)CC2c1ccccc1OC1CCCC1. The van der Waals surface area contributed by atoms with Crippen molar-refractivity contribution in [3.05, 3.63) is 53.6 Å². The molecule has 28 heavy (non-hydrogen) atoms. The van der Waals surface area contributed by atoms with E-state index < -0.39 is 0 Å². The number of nitrogens with one attached hydrogen (secondary N) is 1. The van der Waals surface area contributed by atoms with Crippen LogP contribution in [-0.2, 0) is 9.53 Å². The van der Waals surface area contributed by atoms with Gasteiger partial charge in [0.1, 0.15) is 18.1 Å². The molecule has 1 aliphatic carbocycles. The molecule has 1 heterocycles. The van der Waals surface area contributed by atoms with Crippen molar-refractivity contribution >= 4 is 11.6 Å². The summed E-state index contributed by atoms with van der Waals surface area (Å²) in [6.07, 6.45) is 5.38. The van der Waals surface area contributed by atoms with E-state index in [2.05, 4.69) is 11.4 Å². The molecule has 0 aromatic heterocycles. The molecule has 148 valence electrons. The van der Waals surface area contributed by atoms with Crippen LogP contribution in [0.4, 0.5) is 5.69 Å². The summed E-state index contributed by atoms with van der Waals surface area (Å²) in [6.45, 7) is 1.00. The topological polar surface area (TPSA) is 56.8 Å². The molecule has 4 rings (SSSR count). The molecular weight excluding hydrogens is 354 g/mol. The van der Waals surface area contributed by atoms with Gasteiger partial charge in [0, 0.05) is 36.8 Å². The van der Waals surface area contributed by atoms with Gasteiger partial charge in [-0.1, -0.05) is 24.3 Å². The summed E-state index contributed by atoms with van der Waals surface area (Å²) in [5.74, 6) is 1.63. The van der Waals surface area contributed by atoms with Gasteiger partial charge in [-0.15, -0.1) is 0 Å². The monoisotopic (exact) mass is 381 g/mol. The van der Waals surface area contributed by atoms with Crippen LogP contribution in [0.5, 0.6) is 11.5 Å². The zero-order valence-corrected chi connectivity index (χ0v) is 16.3. The molecule has 0 spiro atoms. The van der Waals surface area contributed by atoms with Gasteiger partial charge < -0.3 is 19.5 Å². The maximum absolute atomic E-state index is 12.4. The van der Waals surface area contributed by atoms with E-state index >= 15 is 0 Å². The van der Waals surface area contributed by atoms with Crippen molar-refractivity contribution in [2.24, 2.45) is 0 Å². The molecule has 0 radical (unpaired) electrons. The van der Waals surface area contributed by atoms with Gasteiger partial charge in [-0.05, 0) is 43.4 Å². The number of amides is 1. The Labute approximate surface area is 166 Å². The van der Waals surface area contributed by atoms with Gasteiger partial charge in [-0.25, -0.2) is 0 Å². The summed E-state index contributed by atoms with van der Waals surface area (Å²) < 4.78 is 17.1. The molecule has 0 saturated heterocycles. The number of fused-ring (bicyclic) bond motifs is 1. The summed E-state index contributed by atoms with van der Waals surface area (Å²) in [4.78, 5) is 12.4. The second kappa shape index (κ2) is 8.65. The molecule has 2 aromatic rings. The van der Waals surface area contributed by atoms with Gasteiger partial charge in [0.15, 0.2) is 0 Å². The molecule has 1 unspecified atom stereocenters. The van der Waals surface area contributed by atoms with Crippen LogP contribution < -0.4 is 14.8 Å². The number of hydrogen-bond acceptors (Lipinski definition) is 4. The molecule has 5 nitrogen and oxygen atoms in total. The summed E-state index contributed by atoms with van der Waals surface area (Å²) in [7, 11) is 1.64. The fraction of sp³-hybridized carbons (Fsp3) is 0.435. The van der Waals surface area contributed by atoms with E-state index in [1.165, 1.54) is 12.8 Å². The fourth-order valence-corrected chi connectivity index (χ4v) is 4.12. The molecule has 1 aliphatic heterocycles. The number of carbonyl (C=O) groups is 1. The molecule has 2 aromatic carbocycles. The number of para-hydroxylation sites is 1. The Hall–Kier alpha value is -2.53. The summed E-state index contributed by atoms with van der Waals surface area (Å²) in [5, 5.41) is 2.99. The third-order valence-electron chi connectivity index (χ3n) is 5.51. The maximum atomic E-state index is 12.4. The standard InChI is InChI=1S/C23H27NO4/c1-26-12-13-27-17-10-11-18-20(15-23(25)24-21(18)14-17)19-8-4-5-9-22(19)28-16-6-2-3-7-16/h4-5,8-11,14,16,20H,2-3,6-7,12-13,15H2,1H3,(H,24,25). The lowest BCUT2D eigenvalue weighted by Crippen LogP contribution is -2.24. The van der Waals surface area contributed by atoms with E-state index in [-0.39, 0.29) is 17.9 Å². The van der Waals surface area contributed by atoms with Crippen molar-refractivity contribution in [1.82, 2.24) is 0 Å². The van der Waals surface area contributed by atoms with Gasteiger partial charge in [0.05, 0.1) is 12.7 Å². The second-order valence-electron chi connectivity index (χ2n) is 7.46. The van der Waals surface area contributed by atoms with Crippen molar-refractivity contribution in [1.29, 1.82) is 0 Å². The molecule has 0 bridgehead atoms. The Bertz CT molecular complexity index is 829. The minimum Gasteiger partial charge on any atom is -0.491 e. The highest BCUT2D eigenvalue weighted by molar-refractivity contribution is 5.95. The van der Waals surface area contributed by atoms with Gasteiger partial charge in [-0.3, -0.25) is 4.79 Å². The maximum Gasteiger partial charge on any atom is 0.225 e. The van der Waals surface area contributed by atoms with Crippen LogP contribution in [0.3, 0.4) is 0 Å². The molecule has 1 N–H and O–H groups in total. The molecule has 1 saturated carbocycles.